The third kappa shape index (κ3) is 3.24. The van der Waals surface area contributed by atoms with Crippen molar-refractivity contribution in [2.75, 3.05) is 0 Å². The number of carbonyl (C=O) groups is 1. The van der Waals surface area contributed by atoms with Gasteiger partial charge in [0.2, 0.25) is 0 Å². The van der Waals surface area contributed by atoms with E-state index in [2.05, 4.69) is 15.8 Å². The fraction of sp³-hybridized carbons (Fsp3) is 0.333. The maximum absolute atomic E-state index is 12.8. The van der Waals surface area contributed by atoms with Gasteiger partial charge in [-0.15, -0.1) is 0 Å². The summed E-state index contributed by atoms with van der Waals surface area (Å²) in [6.07, 6.45) is -3.78. The minimum atomic E-state index is -4.57. The van der Waals surface area contributed by atoms with E-state index < -0.39 is 23.2 Å². The van der Waals surface area contributed by atoms with Crippen molar-refractivity contribution in [1.29, 1.82) is 0 Å². The van der Waals surface area contributed by atoms with E-state index >= 15 is 0 Å². The zero-order valence-corrected chi connectivity index (χ0v) is 11.3. The number of nitrogens with zero attached hydrogens (tertiary/aromatic N) is 1. The van der Waals surface area contributed by atoms with Crippen LogP contribution in [0.15, 0.2) is 29.4 Å². The highest BCUT2D eigenvalue weighted by atomic mass is 32.2. The van der Waals surface area contributed by atoms with Gasteiger partial charge in [-0.05, 0) is 18.6 Å². The largest absolute Gasteiger partial charge is 0.417 e. The molecule has 0 fully saturated rings. The van der Waals surface area contributed by atoms with Gasteiger partial charge in [0.1, 0.15) is 0 Å². The summed E-state index contributed by atoms with van der Waals surface area (Å²) in [4.78, 5) is 11.9. The third-order valence-corrected chi connectivity index (χ3v) is 3.77. The fourth-order valence-electron chi connectivity index (χ4n) is 1.64. The van der Waals surface area contributed by atoms with Crippen LogP contribution in [0.2, 0.25) is 0 Å². The normalized spacial score (nSPS) is 18.4. The lowest BCUT2D eigenvalue weighted by Crippen LogP contribution is -2.29. The van der Waals surface area contributed by atoms with Crippen LogP contribution in [0.4, 0.5) is 13.2 Å². The minimum absolute atomic E-state index is 0.0307. The van der Waals surface area contributed by atoms with Gasteiger partial charge in [-0.2, -0.15) is 18.3 Å². The number of amidine groups is 1. The second-order valence-corrected chi connectivity index (χ2v) is 5.25. The van der Waals surface area contributed by atoms with E-state index in [4.69, 9.17) is 0 Å². The van der Waals surface area contributed by atoms with Crippen molar-refractivity contribution in [2.45, 2.75) is 24.9 Å². The first-order chi connectivity index (χ1) is 9.41. The smallest absolute Gasteiger partial charge is 0.300 e. The van der Waals surface area contributed by atoms with Crippen molar-refractivity contribution in [3.05, 3.63) is 35.4 Å². The molecule has 1 amide bonds. The SMILES string of the molecule is CCC1NN=C(NC(=O)c2ccccc2C(F)(F)F)S1. The van der Waals surface area contributed by atoms with E-state index in [1.54, 1.807) is 0 Å². The lowest BCUT2D eigenvalue weighted by molar-refractivity contribution is -0.137. The first kappa shape index (κ1) is 14.7. The Kier molecular flexibility index (Phi) is 4.22. The number of carbonyl (C=O) groups excluding carboxylic acids is 1. The van der Waals surface area contributed by atoms with E-state index in [1.165, 1.54) is 23.9 Å². The molecule has 1 aromatic carbocycles. The number of rotatable bonds is 2. The molecule has 0 saturated heterocycles. The summed E-state index contributed by atoms with van der Waals surface area (Å²) in [6.45, 7) is 1.93. The molecule has 20 heavy (non-hydrogen) atoms. The zero-order chi connectivity index (χ0) is 14.8. The molecule has 1 heterocycles. The van der Waals surface area contributed by atoms with Crippen molar-refractivity contribution in [2.24, 2.45) is 5.10 Å². The van der Waals surface area contributed by atoms with Crippen LogP contribution in [0.3, 0.4) is 0 Å². The molecule has 1 atom stereocenters. The molecule has 0 bridgehead atoms. The number of hydrazone groups is 1. The van der Waals surface area contributed by atoms with E-state index in [0.717, 1.165) is 18.6 Å². The van der Waals surface area contributed by atoms with Gasteiger partial charge in [0.15, 0.2) is 5.17 Å². The van der Waals surface area contributed by atoms with Gasteiger partial charge in [0.25, 0.3) is 5.91 Å². The van der Waals surface area contributed by atoms with Gasteiger partial charge in [-0.3, -0.25) is 15.5 Å². The van der Waals surface area contributed by atoms with Crippen molar-refractivity contribution in [1.82, 2.24) is 10.7 Å². The van der Waals surface area contributed by atoms with Gasteiger partial charge < -0.3 is 0 Å². The monoisotopic (exact) mass is 303 g/mol. The highest BCUT2D eigenvalue weighted by molar-refractivity contribution is 8.14. The lowest BCUT2D eigenvalue weighted by Gasteiger charge is -2.12. The molecule has 1 aliphatic heterocycles. The van der Waals surface area contributed by atoms with Gasteiger partial charge >= 0.3 is 6.18 Å². The number of amides is 1. The van der Waals surface area contributed by atoms with Crippen LogP contribution in [0.1, 0.15) is 29.3 Å². The van der Waals surface area contributed by atoms with Gasteiger partial charge in [-0.1, -0.05) is 30.8 Å². The van der Waals surface area contributed by atoms with Crippen LogP contribution in [-0.2, 0) is 6.18 Å². The highest BCUT2D eigenvalue weighted by Crippen LogP contribution is 2.32. The maximum Gasteiger partial charge on any atom is 0.417 e. The molecule has 0 aliphatic carbocycles. The summed E-state index contributed by atoms with van der Waals surface area (Å²) in [5, 5.41) is 6.55. The second kappa shape index (κ2) is 5.74. The maximum atomic E-state index is 12.8. The van der Waals surface area contributed by atoms with Crippen LogP contribution in [-0.4, -0.2) is 16.4 Å². The molecule has 2 N–H and O–H groups in total. The molecule has 108 valence electrons. The Hall–Kier alpha value is -1.70. The number of benzene rings is 1. The molecular formula is C12H12F3N3OS. The Morgan fingerprint density at radius 2 is 2.15 bits per heavy atom. The number of nitrogens with one attached hydrogen (secondary N) is 2. The molecule has 0 aromatic heterocycles. The predicted octanol–water partition coefficient (Wildman–Crippen LogP) is 2.78. The molecule has 2 rings (SSSR count). The number of alkyl halides is 3. The molecule has 1 unspecified atom stereocenters. The highest BCUT2D eigenvalue weighted by Gasteiger charge is 2.35. The fourth-order valence-corrected chi connectivity index (χ4v) is 2.44. The Bertz CT molecular complexity index is 545. The van der Waals surface area contributed by atoms with E-state index in [9.17, 15) is 18.0 Å². The van der Waals surface area contributed by atoms with Crippen LogP contribution >= 0.6 is 11.8 Å². The van der Waals surface area contributed by atoms with E-state index in [1.807, 2.05) is 6.92 Å². The average molecular weight is 303 g/mol. The summed E-state index contributed by atoms with van der Waals surface area (Å²) in [5.74, 6) is -0.817. The molecule has 0 spiro atoms. The molecule has 8 heteroatoms. The molecule has 1 aromatic rings. The first-order valence-corrected chi connectivity index (χ1v) is 6.77. The Morgan fingerprint density at radius 1 is 1.45 bits per heavy atom. The first-order valence-electron chi connectivity index (χ1n) is 5.89. The van der Waals surface area contributed by atoms with Crippen LogP contribution < -0.4 is 10.7 Å². The van der Waals surface area contributed by atoms with E-state index in [0.29, 0.717) is 0 Å². The van der Waals surface area contributed by atoms with Crippen LogP contribution in [0.5, 0.6) is 0 Å². The quantitative estimate of drug-likeness (QED) is 0.883. The molecule has 0 saturated carbocycles. The van der Waals surface area contributed by atoms with Gasteiger partial charge in [-0.25, -0.2) is 0 Å². The summed E-state index contributed by atoms with van der Waals surface area (Å²) in [6, 6.07) is 4.66. The third-order valence-electron chi connectivity index (χ3n) is 2.63. The Balaban J connectivity index is 2.15. The predicted molar refractivity (Wildman–Crippen MR) is 71.2 cm³/mol. The molecule has 1 aliphatic rings. The summed E-state index contributed by atoms with van der Waals surface area (Å²) in [5.41, 5.74) is 1.40. The number of hydrogen-bond donors (Lipinski definition) is 2. The van der Waals surface area contributed by atoms with Gasteiger partial charge in [0.05, 0.1) is 16.5 Å². The summed E-state index contributed by atoms with van der Waals surface area (Å²) in [7, 11) is 0. The number of thioether (sulfide) groups is 1. The zero-order valence-electron chi connectivity index (χ0n) is 10.5. The molecular weight excluding hydrogens is 291 g/mol. The Labute approximate surface area is 117 Å². The Morgan fingerprint density at radius 3 is 2.75 bits per heavy atom. The standard InChI is InChI=1S/C12H12F3N3OS/c1-2-9-17-18-11(20-9)16-10(19)7-5-3-4-6-8(7)12(13,14)15/h3-6,9,17H,2H2,1H3,(H,16,18,19). The molecule has 4 nitrogen and oxygen atoms in total. The minimum Gasteiger partial charge on any atom is -0.300 e. The average Bonchev–Trinajstić information content (AvgIpc) is 2.85. The van der Waals surface area contributed by atoms with Crippen LogP contribution in [0.25, 0.3) is 0 Å². The topological polar surface area (TPSA) is 53.5 Å². The van der Waals surface area contributed by atoms with Crippen molar-refractivity contribution >= 4 is 22.8 Å². The van der Waals surface area contributed by atoms with E-state index in [-0.39, 0.29) is 10.5 Å². The van der Waals surface area contributed by atoms with Crippen molar-refractivity contribution in [3.8, 4) is 0 Å². The van der Waals surface area contributed by atoms with Crippen LogP contribution in [0, 0.1) is 0 Å². The molecule has 0 radical (unpaired) electrons. The summed E-state index contributed by atoms with van der Waals surface area (Å²) >= 11 is 1.27. The van der Waals surface area contributed by atoms with Gasteiger partial charge in [0, 0.05) is 0 Å². The number of hydrogen-bond acceptors (Lipinski definition) is 4. The summed E-state index contributed by atoms with van der Waals surface area (Å²) < 4.78 is 38.4. The van der Waals surface area contributed by atoms with Crippen molar-refractivity contribution in [3.63, 3.8) is 0 Å². The second-order valence-electron chi connectivity index (χ2n) is 4.06. The lowest BCUT2D eigenvalue weighted by atomic mass is 10.1. The van der Waals surface area contributed by atoms with Crippen molar-refractivity contribution < 1.29 is 18.0 Å². The number of halogens is 3.